The number of para-hydroxylation sites is 1. The first-order chi connectivity index (χ1) is 15.9. The summed E-state index contributed by atoms with van der Waals surface area (Å²) in [6.45, 7) is 2.40. The molecule has 2 amide bonds. The molecule has 0 aliphatic carbocycles. The van der Waals surface area contributed by atoms with E-state index in [4.69, 9.17) is 16.3 Å². The number of carbonyl (C=O) groups excluding carboxylic acids is 2. The molecule has 33 heavy (non-hydrogen) atoms. The van der Waals surface area contributed by atoms with Gasteiger partial charge in [0.25, 0.3) is 5.91 Å². The normalized spacial score (nSPS) is 19.8. The van der Waals surface area contributed by atoms with E-state index in [1.54, 1.807) is 29.2 Å². The molecule has 2 aliphatic heterocycles. The lowest BCUT2D eigenvalue weighted by atomic mass is 9.98. The minimum absolute atomic E-state index is 0.0797. The number of anilines is 1. The SMILES string of the molecule is O=C(Nc1ccccc1C(=O)N1CCOCC1)[C@H]1CCCN(S(=O)(=O)c2ccc(Cl)cc2)C1. The van der Waals surface area contributed by atoms with Crippen molar-refractivity contribution in [3.63, 3.8) is 0 Å². The van der Waals surface area contributed by atoms with Crippen LogP contribution in [0.1, 0.15) is 23.2 Å². The molecule has 176 valence electrons. The maximum absolute atomic E-state index is 13.1. The minimum atomic E-state index is -3.73. The van der Waals surface area contributed by atoms with Crippen LogP contribution in [0.2, 0.25) is 5.02 Å². The number of benzene rings is 2. The van der Waals surface area contributed by atoms with Gasteiger partial charge in [-0.3, -0.25) is 9.59 Å². The minimum Gasteiger partial charge on any atom is -0.378 e. The highest BCUT2D eigenvalue weighted by molar-refractivity contribution is 7.89. The van der Waals surface area contributed by atoms with Crippen molar-refractivity contribution in [2.75, 3.05) is 44.7 Å². The van der Waals surface area contributed by atoms with Gasteiger partial charge in [0.2, 0.25) is 15.9 Å². The second-order valence-electron chi connectivity index (χ2n) is 8.10. The van der Waals surface area contributed by atoms with Crippen LogP contribution in [-0.2, 0) is 19.6 Å². The number of hydrogen-bond acceptors (Lipinski definition) is 5. The summed E-state index contributed by atoms with van der Waals surface area (Å²) in [6, 6.07) is 12.9. The first-order valence-electron chi connectivity index (χ1n) is 10.9. The van der Waals surface area contributed by atoms with Crippen molar-refractivity contribution in [1.82, 2.24) is 9.21 Å². The number of amides is 2. The van der Waals surface area contributed by atoms with Crippen LogP contribution >= 0.6 is 11.6 Å². The van der Waals surface area contributed by atoms with Crippen molar-refractivity contribution in [1.29, 1.82) is 0 Å². The Kier molecular flexibility index (Phi) is 7.33. The second-order valence-corrected chi connectivity index (χ2v) is 10.5. The highest BCUT2D eigenvalue weighted by Gasteiger charge is 2.34. The van der Waals surface area contributed by atoms with E-state index in [2.05, 4.69) is 5.32 Å². The number of rotatable bonds is 5. The van der Waals surface area contributed by atoms with E-state index in [0.29, 0.717) is 62.0 Å². The van der Waals surface area contributed by atoms with Gasteiger partial charge in [0.15, 0.2) is 0 Å². The molecule has 1 atom stereocenters. The van der Waals surface area contributed by atoms with E-state index in [1.807, 2.05) is 0 Å². The second kappa shape index (κ2) is 10.2. The number of sulfonamides is 1. The van der Waals surface area contributed by atoms with Crippen molar-refractivity contribution in [3.05, 3.63) is 59.1 Å². The van der Waals surface area contributed by atoms with Crippen LogP contribution in [-0.4, -0.2) is 68.8 Å². The van der Waals surface area contributed by atoms with Crippen LogP contribution in [0.3, 0.4) is 0 Å². The Hall–Kier alpha value is -2.46. The lowest BCUT2D eigenvalue weighted by molar-refractivity contribution is -0.120. The summed E-state index contributed by atoms with van der Waals surface area (Å²) >= 11 is 5.88. The predicted molar refractivity (Wildman–Crippen MR) is 125 cm³/mol. The predicted octanol–water partition coefficient (Wildman–Crippen LogP) is 2.85. The number of halogens is 1. The van der Waals surface area contributed by atoms with E-state index in [9.17, 15) is 18.0 Å². The molecule has 2 heterocycles. The fourth-order valence-corrected chi connectivity index (χ4v) is 5.73. The van der Waals surface area contributed by atoms with Crippen LogP contribution in [0, 0.1) is 5.92 Å². The number of hydrogen-bond donors (Lipinski definition) is 1. The number of nitrogens with one attached hydrogen (secondary N) is 1. The third-order valence-corrected chi connectivity index (χ3v) is 8.05. The van der Waals surface area contributed by atoms with E-state index >= 15 is 0 Å². The fraction of sp³-hybridized carbons (Fsp3) is 0.391. The zero-order valence-electron chi connectivity index (χ0n) is 18.1. The molecular weight excluding hydrogens is 466 g/mol. The van der Waals surface area contributed by atoms with E-state index in [-0.39, 0.29) is 23.3 Å². The summed E-state index contributed by atoms with van der Waals surface area (Å²) in [6.07, 6.45) is 1.14. The van der Waals surface area contributed by atoms with Crippen LogP contribution in [0.15, 0.2) is 53.4 Å². The van der Waals surface area contributed by atoms with E-state index in [1.165, 1.54) is 28.6 Å². The summed E-state index contributed by atoms with van der Waals surface area (Å²) in [7, 11) is -3.73. The monoisotopic (exact) mass is 491 g/mol. The average Bonchev–Trinajstić information content (AvgIpc) is 2.85. The molecule has 1 N–H and O–H groups in total. The lowest BCUT2D eigenvalue weighted by Crippen LogP contribution is -2.44. The quantitative estimate of drug-likeness (QED) is 0.693. The molecule has 0 bridgehead atoms. The Morgan fingerprint density at radius 2 is 1.70 bits per heavy atom. The summed E-state index contributed by atoms with van der Waals surface area (Å²) in [4.78, 5) is 27.9. The molecule has 2 fully saturated rings. The molecule has 2 aliphatic rings. The van der Waals surface area contributed by atoms with Gasteiger partial charge >= 0.3 is 0 Å². The molecule has 0 unspecified atom stereocenters. The van der Waals surface area contributed by atoms with Crippen LogP contribution < -0.4 is 5.32 Å². The highest BCUT2D eigenvalue weighted by Crippen LogP contribution is 2.26. The maximum atomic E-state index is 13.1. The van der Waals surface area contributed by atoms with E-state index < -0.39 is 15.9 Å². The number of morpholine rings is 1. The third-order valence-electron chi connectivity index (χ3n) is 5.92. The summed E-state index contributed by atoms with van der Waals surface area (Å²) in [5.41, 5.74) is 0.839. The number of carbonyl (C=O) groups is 2. The van der Waals surface area contributed by atoms with Gasteiger partial charge in [0, 0.05) is 31.2 Å². The first-order valence-corrected chi connectivity index (χ1v) is 12.7. The number of nitrogens with zero attached hydrogens (tertiary/aromatic N) is 2. The number of piperidine rings is 1. The van der Waals surface area contributed by atoms with Crippen molar-refractivity contribution in [2.24, 2.45) is 5.92 Å². The molecule has 2 aromatic carbocycles. The Bertz CT molecular complexity index is 1120. The molecule has 0 aromatic heterocycles. The Balaban J connectivity index is 1.47. The molecule has 0 saturated carbocycles. The van der Waals surface area contributed by atoms with Gasteiger partial charge in [0.05, 0.1) is 35.3 Å². The molecule has 2 aromatic rings. The standard InChI is InChI=1S/C23H26ClN3O5S/c24-18-7-9-19(10-8-18)33(30,31)27-11-3-4-17(16-27)22(28)25-21-6-2-1-5-20(21)23(29)26-12-14-32-15-13-26/h1-2,5-10,17H,3-4,11-16H2,(H,25,28)/t17-/m0/s1. The molecule has 4 rings (SSSR count). The largest absolute Gasteiger partial charge is 0.378 e. The van der Waals surface area contributed by atoms with Crippen LogP contribution in [0.4, 0.5) is 5.69 Å². The summed E-state index contributed by atoms with van der Waals surface area (Å²) < 4.78 is 32.7. The number of ether oxygens (including phenoxy) is 1. The van der Waals surface area contributed by atoms with Crippen molar-refractivity contribution in [2.45, 2.75) is 17.7 Å². The van der Waals surface area contributed by atoms with Gasteiger partial charge in [-0.25, -0.2) is 8.42 Å². The smallest absolute Gasteiger partial charge is 0.256 e. The van der Waals surface area contributed by atoms with Crippen molar-refractivity contribution >= 4 is 39.1 Å². The average molecular weight is 492 g/mol. The Morgan fingerprint density at radius 1 is 1.00 bits per heavy atom. The molecule has 0 radical (unpaired) electrons. The topological polar surface area (TPSA) is 96.0 Å². The third kappa shape index (κ3) is 5.38. The zero-order valence-corrected chi connectivity index (χ0v) is 19.6. The molecule has 0 spiro atoms. The fourth-order valence-electron chi connectivity index (χ4n) is 4.08. The van der Waals surface area contributed by atoms with Crippen LogP contribution in [0.5, 0.6) is 0 Å². The zero-order chi connectivity index (χ0) is 23.4. The van der Waals surface area contributed by atoms with Gasteiger partial charge < -0.3 is 15.0 Å². The van der Waals surface area contributed by atoms with Gasteiger partial charge in [-0.05, 0) is 49.2 Å². The molecule has 8 nitrogen and oxygen atoms in total. The van der Waals surface area contributed by atoms with Crippen molar-refractivity contribution < 1.29 is 22.7 Å². The van der Waals surface area contributed by atoms with Crippen molar-refractivity contribution in [3.8, 4) is 0 Å². The Morgan fingerprint density at radius 3 is 2.42 bits per heavy atom. The van der Waals surface area contributed by atoms with Gasteiger partial charge in [0.1, 0.15) is 0 Å². The highest BCUT2D eigenvalue weighted by atomic mass is 35.5. The van der Waals surface area contributed by atoms with Gasteiger partial charge in [-0.2, -0.15) is 4.31 Å². The summed E-state index contributed by atoms with van der Waals surface area (Å²) in [5, 5.41) is 3.32. The lowest BCUT2D eigenvalue weighted by Gasteiger charge is -2.31. The molecule has 10 heteroatoms. The van der Waals surface area contributed by atoms with E-state index in [0.717, 1.165) is 0 Å². The van der Waals surface area contributed by atoms with Gasteiger partial charge in [-0.15, -0.1) is 0 Å². The Labute approximate surface area is 198 Å². The van der Waals surface area contributed by atoms with Crippen LogP contribution in [0.25, 0.3) is 0 Å². The molecular formula is C23H26ClN3O5S. The first kappa shape index (κ1) is 23.7. The molecule has 2 saturated heterocycles. The summed E-state index contributed by atoms with van der Waals surface area (Å²) in [5.74, 6) is -0.981. The van der Waals surface area contributed by atoms with Gasteiger partial charge in [-0.1, -0.05) is 23.7 Å². The maximum Gasteiger partial charge on any atom is 0.256 e.